The number of hydrogen-bond donors (Lipinski definition) is 2. The maximum Gasteiger partial charge on any atom is 0.251 e. The van der Waals surface area contributed by atoms with Crippen molar-refractivity contribution < 1.29 is 9.53 Å². The van der Waals surface area contributed by atoms with Crippen LogP contribution in [-0.4, -0.2) is 46.3 Å². The van der Waals surface area contributed by atoms with Gasteiger partial charge >= 0.3 is 0 Å². The van der Waals surface area contributed by atoms with Crippen molar-refractivity contribution in [3.8, 4) is 11.3 Å². The molecule has 0 atom stereocenters. The standard InChI is InChI=1S/C22H25N5O2/c1-13-7-16(3-6-18(13)22(28)25-17-4-5-17)20-10-24-21-19(8-14(2)26-27(20)21)23-9-15-11-29-12-15/h3,6-8,10,15,17,23H,4-5,9,11-12H2,1-2H3,(H,25,28). The number of hydrogen-bond acceptors (Lipinski definition) is 5. The van der Waals surface area contributed by atoms with Crippen LogP contribution in [0.4, 0.5) is 5.69 Å². The molecule has 0 unspecified atom stereocenters. The lowest BCUT2D eigenvalue weighted by molar-refractivity contribution is -0.0248. The highest BCUT2D eigenvalue weighted by Gasteiger charge is 2.24. The third-order valence-electron chi connectivity index (χ3n) is 5.56. The third kappa shape index (κ3) is 3.58. The monoisotopic (exact) mass is 391 g/mol. The zero-order valence-corrected chi connectivity index (χ0v) is 16.7. The average Bonchev–Trinajstić information content (AvgIpc) is 3.36. The number of ether oxygens (including phenoxy) is 1. The summed E-state index contributed by atoms with van der Waals surface area (Å²) in [5.74, 6) is 0.560. The van der Waals surface area contributed by atoms with Gasteiger partial charge in [0.25, 0.3) is 5.91 Å². The summed E-state index contributed by atoms with van der Waals surface area (Å²) in [6.07, 6.45) is 4.01. The van der Waals surface area contributed by atoms with E-state index in [4.69, 9.17) is 4.74 Å². The van der Waals surface area contributed by atoms with Crippen LogP contribution in [0.2, 0.25) is 0 Å². The number of amides is 1. The third-order valence-corrected chi connectivity index (χ3v) is 5.56. The van der Waals surface area contributed by atoms with Gasteiger partial charge in [0.1, 0.15) is 0 Å². The minimum atomic E-state index is 0.00937. The van der Waals surface area contributed by atoms with Crippen molar-refractivity contribution in [1.82, 2.24) is 19.9 Å². The van der Waals surface area contributed by atoms with Gasteiger partial charge in [0.15, 0.2) is 5.65 Å². The summed E-state index contributed by atoms with van der Waals surface area (Å²) in [6.45, 7) is 6.45. The summed E-state index contributed by atoms with van der Waals surface area (Å²) < 4.78 is 7.14. The zero-order chi connectivity index (χ0) is 20.0. The van der Waals surface area contributed by atoms with Crippen LogP contribution in [0, 0.1) is 19.8 Å². The molecule has 7 nitrogen and oxygen atoms in total. The molecule has 5 rings (SSSR count). The molecule has 2 aliphatic rings. The van der Waals surface area contributed by atoms with Crippen LogP contribution in [-0.2, 0) is 4.74 Å². The largest absolute Gasteiger partial charge is 0.381 e. The van der Waals surface area contributed by atoms with Gasteiger partial charge in [-0.15, -0.1) is 0 Å². The van der Waals surface area contributed by atoms with E-state index >= 15 is 0 Å². The molecule has 1 aliphatic carbocycles. The fraction of sp³-hybridized carbons (Fsp3) is 0.409. The Labute approximate surface area is 169 Å². The van der Waals surface area contributed by atoms with Crippen molar-refractivity contribution in [3.63, 3.8) is 0 Å². The van der Waals surface area contributed by atoms with Gasteiger partial charge in [-0.1, -0.05) is 6.07 Å². The predicted octanol–water partition coefficient (Wildman–Crippen LogP) is 2.96. The van der Waals surface area contributed by atoms with Crippen LogP contribution in [0.1, 0.15) is 34.5 Å². The molecule has 0 radical (unpaired) electrons. The Balaban J connectivity index is 1.45. The summed E-state index contributed by atoms with van der Waals surface area (Å²) in [5.41, 5.74) is 6.29. The van der Waals surface area contributed by atoms with Gasteiger partial charge in [0, 0.05) is 29.6 Å². The van der Waals surface area contributed by atoms with Crippen LogP contribution >= 0.6 is 0 Å². The van der Waals surface area contributed by atoms with Crippen LogP contribution in [0.3, 0.4) is 0 Å². The maximum atomic E-state index is 12.4. The number of nitrogens with one attached hydrogen (secondary N) is 2. The number of fused-ring (bicyclic) bond motifs is 1. The molecule has 0 spiro atoms. The number of imidazole rings is 1. The van der Waals surface area contributed by atoms with E-state index in [9.17, 15) is 4.79 Å². The molecule has 0 bridgehead atoms. The van der Waals surface area contributed by atoms with Crippen molar-refractivity contribution in [2.75, 3.05) is 25.1 Å². The van der Waals surface area contributed by atoms with Gasteiger partial charge in [-0.05, 0) is 50.5 Å². The minimum absolute atomic E-state index is 0.00937. The lowest BCUT2D eigenvalue weighted by Crippen LogP contribution is -2.33. The van der Waals surface area contributed by atoms with E-state index in [2.05, 4.69) is 20.7 Å². The molecular weight excluding hydrogens is 366 g/mol. The van der Waals surface area contributed by atoms with Crippen molar-refractivity contribution >= 4 is 17.2 Å². The lowest BCUT2D eigenvalue weighted by atomic mass is 10.0. The normalized spacial score (nSPS) is 16.6. The first-order valence-electron chi connectivity index (χ1n) is 10.2. The Morgan fingerprint density at radius 1 is 1.24 bits per heavy atom. The molecular formula is C22H25N5O2. The topological polar surface area (TPSA) is 80.5 Å². The summed E-state index contributed by atoms with van der Waals surface area (Å²) >= 11 is 0. The van der Waals surface area contributed by atoms with Crippen LogP contribution in [0.15, 0.2) is 30.5 Å². The Morgan fingerprint density at radius 3 is 2.76 bits per heavy atom. The number of rotatable bonds is 6. The summed E-state index contributed by atoms with van der Waals surface area (Å²) in [7, 11) is 0. The fourth-order valence-corrected chi connectivity index (χ4v) is 3.64. The quantitative estimate of drug-likeness (QED) is 0.675. The number of aryl methyl sites for hydroxylation is 2. The first-order valence-corrected chi connectivity index (χ1v) is 10.2. The second-order valence-corrected chi connectivity index (χ2v) is 8.14. The molecule has 2 fully saturated rings. The molecule has 1 aromatic carbocycles. The molecule has 29 heavy (non-hydrogen) atoms. The van der Waals surface area contributed by atoms with Crippen LogP contribution in [0.25, 0.3) is 16.9 Å². The molecule has 3 heterocycles. The van der Waals surface area contributed by atoms with E-state index in [-0.39, 0.29) is 5.91 Å². The Hall–Kier alpha value is -2.93. The molecule has 1 saturated carbocycles. The maximum absolute atomic E-state index is 12.4. The van der Waals surface area contributed by atoms with E-state index in [0.29, 0.717) is 12.0 Å². The summed E-state index contributed by atoms with van der Waals surface area (Å²) in [5, 5.41) is 11.2. The minimum Gasteiger partial charge on any atom is -0.381 e. The van der Waals surface area contributed by atoms with E-state index in [1.807, 2.05) is 48.8 Å². The molecule has 1 aliphatic heterocycles. The molecule has 1 saturated heterocycles. The van der Waals surface area contributed by atoms with Gasteiger partial charge in [-0.25, -0.2) is 9.50 Å². The van der Waals surface area contributed by atoms with Crippen LogP contribution in [0.5, 0.6) is 0 Å². The first kappa shape index (κ1) is 18.1. The van der Waals surface area contributed by atoms with Gasteiger partial charge in [0.05, 0.1) is 36.5 Å². The average molecular weight is 391 g/mol. The number of nitrogens with zero attached hydrogens (tertiary/aromatic N) is 3. The van der Waals surface area contributed by atoms with Gasteiger partial charge < -0.3 is 15.4 Å². The van der Waals surface area contributed by atoms with Crippen molar-refractivity contribution in [2.45, 2.75) is 32.7 Å². The van der Waals surface area contributed by atoms with Crippen molar-refractivity contribution in [3.05, 3.63) is 47.3 Å². The van der Waals surface area contributed by atoms with Crippen molar-refractivity contribution in [1.29, 1.82) is 0 Å². The molecule has 7 heteroatoms. The highest BCUT2D eigenvalue weighted by molar-refractivity contribution is 5.96. The highest BCUT2D eigenvalue weighted by Crippen LogP contribution is 2.27. The molecule has 2 aromatic heterocycles. The molecule has 3 aromatic rings. The molecule has 2 N–H and O–H groups in total. The van der Waals surface area contributed by atoms with Gasteiger partial charge in [-0.3, -0.25) is 4.79 Å². The summed E-state index contributed by atoms with van der Waals surface area (Å²) in [6, 6.07) is 8.29. The molecule has 1 amide bonds. The Kier molecular flexibility index (Phi) is 4.47. The van der Waals surface area contributed by atoms with Crippen molar-refractivity contribution in [2.24, 2.45) is 5.92 Å². The zero-order valence-electron chi connectivity index (χ0n) is 16.7. The van der Waals surface area contributed by atoms with Crippen LogP contribution < -0.4 is 10.6 Å². The second-order valence-electron chi connectivity index (χ2n) is 8.14. The summed E-state index contributed by atoms with van der Waals surface area (Å²) in [4.78, 5) is 17.0. The number of carbonyl (C=O) groups is 1. The Morgan fingerprint density at radius 2 is 2.07 bits per heavy atom. The number of anilines is 1. The highest BCUT2D eigenvalue weighted by atomic mass is 16.5. The van der Waals surface area contributed by atoms with E-state index in [0.717, 1.165) is 72.0 Å². The van der Waals surface area contributed by atoms with E-state index < -0.39 is 0 Å². The Bertz CT molecular complexity index is 1080. The molecule has 150 valence electrons. The first-order chi connectivity index (χ1) is 14.1. The van der Waals surface area contributed by atoms with Gasteiger partial charge in [0.2, 0.25) is 0 Å². The number of carbonyl (C=O) groups excluding carboxylic acids is 1. The number of aromatic nitrogens is 3. The fourth-order valence-electron chi connectivity index (χ4n) is 3.64. The second kappa shape index (κ2) is 7.15. The predicted molar refractivity (Wildman–Crippen MR) is 111 cm³/mol. The van der Waals surface area contributed by atoms with E-state index in [1.54, 1.807) is 0 Å². The van der Waals surface area contributed by atoms with E-state index in [1.165, 1.54) is 0 Å². The smallest absolute Gasteiger partial charge is 0.251 e. The lowest BCUT2D eigenvalue weighted by Gasteiger charge is -2.26. The SMILES string of the molecule is Cc1cc(NCC2COC2)c2ncc(-c3ccc(C(=O)NC4CC4)c(C)c3)n2n1. The number of benzene rings is 1. The van der Waals surface area contributed by atoms with Gasteiger partial charge in [-0.2, -0.15) is 5.10 Å².